The highest BCUT2D eigenvalue weighted by molar-refractivity contribution is 6.90. The number of hydrogen-bond donors (Lipinski definition) is 0. The van der Waals surface area contributed by atoms with E-state index in [0.717, 1.165) is 25.6 Å². The molecule has 7 nitrogen and oxygen atoms in total. The standard InChI is InChI=1S/C18H46NO6Si5/c1-19(15-16-21-18-20)14-13-17-27(5,6)23-29(9,10)25-30(11,12)24-28(7,8)22-26(2,3)4/h13-17H2,1-12H3. The Morgan fingerprint density at radius 1 is 0.700 bits per heavy atom. The average Bonchev–Trinajstić information content (AvgIpc) is 2.39. The van der Waals surface area contributed by atoms with Gasteiger partial charge in [-0.15, -0.1) is 0 Å². The van der Waals surface area contributed by atoms with Gasteiger partial charge in [0.25, 0.3) is 0 Å². The van der Waals surface area contributed by atoms with Crippen molar-refractivity contribution in [1.29, 1.82) is 0 Å². The molecule has 0 N–H and O–H groups in total. The molecule has 0 amide bonds. The Labute approximate surface area is 190 Å². The fourth-order valence-corrected chi connectivity index (χ4v) is 27.6. The normalized spacial score (nSPS) is 14.3. The third kappa shape index (κ3) is 16.1. The minimum Gasteiger partial charge on any atom is -0.456 e. The van der Waals surface area contributed by atoms with Crippen LogP contribution in [0.25, 0.3) is 0 Å². The highest BCUT2D eigenvalue weighted by Crippen LogP contribution is 2.27. The average molecular weight is 513 g/mol. The fraction of sp³-hybridized carbons (Fsp3) is 0.944. The van der Waals surface area contributed by atoms with Crippen molar-refractivity contribution >= 4 is 48.8 Å². The molecule has 0 fully saturated rings. The number of hydrogen-bond acceptors (Lipinski definition) is 7. The van der Waals surface area contributed by atoms with Crippen LogP contribution in [0.1, 0.15) is 6.42 Å². The lowest BCUT2D eigenvalue weighted by Gasteiger charge is -2.42. The lowest BCUT2D eigenvalue weighted by Crippen LogP contribution is -2.58. The lowest BCUT2D eigenvalue weighted by atomic mass is 10.4. The molecule has 12 heteroatoms. The Hall–Kier alpha value is 0.354. The zero-order chi connectivity index (χ0) is 23.9. The summed E-state index contributed by atoms with van der Waals surface area (Å²) in [5.41, 5.74) is 0. The van der Waals surface area contributed by atoms with Crippen molar-refractivity contribution in [2.24, 2.45) is 0 Å². The second-order valence-corrected chi connectivity index (χ2v) is 30.7. The molecule has 0 aromatic carbocycles. The number of carbonyl (C=O) groups excluding carboxylic acids is 1. The summed E-state index contributed by atoms with van der Waals surface area (Å²) in [6.07, 6.45) is 1.05. The van der Waals surface area contributed by atoms with Crippen LogP contribution in [0.4, 0.5) is 0 Å². The smallest absolute Gasteiger partial charge is 0.417 e. The molecule has 0 aromatic rings. The van der Waals surface area contributed by atoms with Gasteiger partial charge in [-0.2, -0.15) is 0 Å². The zero-order valence-corrected chi connectivity index (χ0v) is 26.4. The minimum atomic E-state index is -2.38. The highest BCUT2D eigenvalue weighted by atomic mass is 28.5. The van der Waals surface area contributed by atoms with E-state index < -0.39 is 42.3 Å². The first-order valence-corrected chi connectivity index (χ1v) is 25.7. The third-order valence-corrected chi connectivity index (χ3v) is 22.0. The maximum Gasteiger partial charge on any atom is 0.417 e. The van der Waals surface area contributed by atoms with E-state index in [1.165, 1.54) is 6.47 Å². The number of rotatable bonds is 16. The van der Waals surface area contributed by atoms with Gasteiger partial charge in [-0.3, -0.25) is 0 Å². The van der Waals surface area contributed by atoms with Crippen molar-refractivity contribution in [3.63, 3.8) is 0 Å². The molecule has 0 atom stereocenters. The van der Waals surface area contributed by atoms with Crippen molar-refractivity contribution in [3.05, 3.63) is 0 Å². The molecular formula is C18H46NO6Si5. The first-order valence-electron chi connectivity index (χ1n) is 10.8. The molecule has 0 aromatic heterocycles. The predicted octanol–water partition coefficient (Wildman–Crippen LogP) is 4.60. The summed E-state index contributed by atoms with van der Waals surface area (Å²) in [5, 5.41) is 0. The van der Waals surface area contributed by atoms with Gasteiger partial charge in [0.2, 0.25) is 0 Å². The molecule has 0 rings (SSSR count). The highest BCUT2D eigenvalue weighted by Gasteiger charge is 2.45. The van der Waals surface area contributed by atoms with E-state index in [9.17, 15) is 4.79 Å². The van der Waals surface area contributed by atoms with E-state index >= 15 is 0 Å². The number of likely N-dealkylation sites (N-methyl/N-ethyl adjacent to an activating group) is 1. The quantitative estimate of drug-likeness (QED) is 0.221. The molecular weight excluding hydrogens is 467 g/mol. The monoisotopic (exact) mass is 512 g/mol. The van der Waals surface area contributed by atoms with Crippen LogP contribution < -0.4 is 0 Å². The largest absolute Gasteiger partial charge is 0.456 e. The van der Waals surface area contributed by atoms with Crippen LogP contribution in [0.3, 0.4) is 0 Å². The Kier molecular flexibility index (Phi) is 12.1. The molecule has 0 bridgehead atoms. The van der Waals surface area contributed by atoms with Gasteiger partial charge in [-0.1, -0.05) is 0 Å². The summed E-state index contributed by atoms with van der Waals surface area (Å²) in [5.74, 6) is 0. The van der Waals surface area contributed by atoms with Gasteiger partial charge in [0.05, 0.1) is 0 Å². The topological polar surface area (TPSA) is 66.5 Å². The van der Waals surface area contributed by atoms with Gasteiger partial charge in [0.1, 0.15) is 6.61 Å². The maximum absolute atomic E-state index is 10.1. The molecule has 0 saturated heterocycles. The van der Waals surface area contributed by atoms with E-state index in [1.54, 1.807) is 0 Å². The van der Waals surface area contributed by atoms with Crippen molar-refractivity contribution in [2.75, 3.05) is 26.7 Å². The van der Waals surface area contributed by atoms with Crippen molar-refractivity contribution in [3.8, 4) is 0 Å². The maximum atomic E-state index is 10.1. The van der Waals surface area contributed by atoms with Crippen LogP contribution in [0, 0.1) is 0 Å². The molecule has 1 radical (unpaired) electrons. The van der Waals surface area contributed by atoms with Gasteiger partial charge in [-0.25, -0.2) is 4.79 Å². The predicted molar refractivity (Wildman–Crippen MR) is 136 cm³/mol. The number of ether oxygens (including phenoxy) is 1. The molecule has 0 unspecified atom stereocenters. The van der Waals surface area contributed by atoms with E-state index in [4.69, 9.17) is 16.5 Å². The molecule has 0 aliphatic rings. The van der Waals surface area contributed by atoms with Gasteiger partial charge in [0, 0.05) is 6.54 Å². The Balaban J connectivity index is 4.69. The Morgan fingerprint density at radius 2 is 1.17 bits per heavy atom. The third-order valence-electron chi connectivity index (χ3n) is 4.01. The number of nitrogens with zero attached hydrogens (tertiary/aromatic N) is 1. The summed E-state index contributed by atoms with van der Waals surface area (Å²) < 4.78 is 30.7. The van der Waals surface area contributed by atoms with Crippen molar-refractivity contribution in [2.45, 2.75) is 84.5 Å². The first kappa shape index (κ1) is 30.4. The molecule has 0 aliphatic heterocycles. The van der Waals surface area contributed by atoms with Crippen LogP contribution in [-0.2, 0) is 26.0 Å². The SMILES string of the molecule is CN(CCC[Si](C)(C)O[Si](C)(C)O[Si](C)(C)O[Si](C)(C)O[Si](C)(C)C)CCO[C]=O. The minimum absolute atomic E-state index is 0.381. The van der Waals surface area contributed by atoms with Crippen molar-refractivity contribution in [1.82, 2.24) is 4.90 Å². The fourth-order valence-electron chi connectivity index (χ4n) is 3.83. The van der Waals surface area contributed by atoms with Crippen LogP contribution in [0.15, 0.2) is 0 Å². The van der Waals surface area contributed by atoms with Gasteiger partial charge in [0.15, 0.2) is 16.6 Å². The van der Waals surface area contributed by atoms with Crippen molar-refractivity contribution < 1.29 is 26.0 Å². The van der Waals surface area contributed by atoms with Gasteiger partial charge in [-0.05, 0) is 98.1 Å². The second kappa shape index (κ2) is 12.0. The summed E-state index contributed by atoms with van der Waals surface area (Å²) in [6, 6.07) is 1.06. The summed E-state index contributed by atoms with van der Waals surface area (Å²) in [6.45, 7) is 27.3. The molecule has 0 saturated carbocycles. The zero-order valence-electron chi connectivity index (χ0n) is 21.4. The van der Waals surface area contributed by atoms with Crippen LogP contribution in [-0.4, -0.2) is 80.4 Å². The van der Waals surface area contributed by atoms with E-state index in [1.807, 2.05) is 7.05 Å². The summed E-state index contributed by atoms with van der Waals surface area (Å²) in [7, 11) is -8.46. The van der Waals surface area contributed by atoms with E-state index in [0.29, 0.717) is 6.61 Å². The van der Waals surface area contributed by atoms with Crippen LogP contribution in [0.2, 0.25) is 78.1 Å². The molecule has 179 valence electrons. The van der Waals surface area contributed by atoms with Gasteiger partial charge < -0.3 is 26.1 Å². The second-order valence-electron chi connectivity index (χ2n) is 10.8. The summed E-state index contributed by atoms with van der Waals surface area (Å²) >= 11 is 0. The molecule has 0 aliphatic carbocycles. The van der Waals surface area contributed by atoms with Gasteiger partial charge >= 0.3 is 32.2 Å². The Bertz CT molecular complexity index is 526. The van der Waals surface area contributed by atoms with E-state index in [2.05, 4.69) is 81.7 Å². The molecule has 0 heterocycles. The van der Waals surface area contributed by atoms with Crippen LogP contribution in [0.5, 0.6) is 0 Å². The van der Waals surface area contributed by atoms with Crippen LogP contribution >= 0.6 is 0 Å². The molecule has 30 heavy (non-hydrogen) atoms. The Morgan fingerprint density at radius 3 is 1.63 bits per heavy atom. The molecule has 0 spiro atoms. The first-order chi connectivity index (χ1) is 13.3. The van der Waals surface area contributed by atoms with E-state index in [-0.39, 0.29) is 0 Å². The lowest BCUT2D eigenvalue weighted by molar-refractivity contribution is 0.218. The summed E-state index contributed by atoms with van der Waals surface area (Å²) in [4.78, 5) is 12.3.